The van der Waals surface area contributed by atoms with Crippen LogP contribution in [0.4, 0.5) is 0 Å². The first-order valence-corrected chi connectivity index (χ1v) is 5.09. The first-order chi connectivity index (χ1) is 6.44. The van der Waals surface area contributed by atoms with Gasteiger partial charge in [-0.25, -0.2) is 0 Å². The van der Waals surface area contributed by atoms with Crippen molar-refractivity contribution in [3.8, 4) is 0 Å². The second kappa shape index (κ2) is 3.74. The summed E-state index contributed by atoms with van der Waals surface area (Å²) in [6, 6.07) is 0. The fourth-order valence-corrected chi connectivity index (χ4v) is 2.09. The summed E-state index contributed by atoms with van der Waals surface area (Å²) in [6.45, 7) is 10.2. The summed E-state index contributed by atoms with van der Waals surface area (Å²) in [6.07, 6.45) is 10.2. The van der Waals surface area contributed by atoms with Crippen LogP contribution in [-0.4, -0.2) is 11.2 Å². The van der Waals surface area contributed by atoms with Crippen molar-refractivity contribution in [2.75, 3.05) is 0 Å². The van der Waals surface area contributed by atoms with Gasteiger partial charge in [-0.1, -0.05) is 51.2 Å². The van der Waals surface area contributed by atoms with Gasteiger partial charge in [0.1, 0.15) is 0 Å². The quantitative estimate of drug-likeness (QED) is 0.667. The zero-order valence-corrected chi connectivity index (χ0v) is 9.33. The third kappa shape index (κ3) is 1.69. The molecule has 1 aliphatic carbocycles. The van der Waals surface area contributed by atoms with Crippen molar-refractivity contribution in [2.45, 2.75) is 33.3 Å². The van der Waals surface area contributed by atoms with E-state index >= 15 is 0 Å². The summed E-state index contributed by atoms with van der Waals surface area (Å²) in [7, 11) is 0. The monoisotopic (exact) mass is 192 g/mol. The summed E-state index contributed by atoms with van der Waals surface area (Å²) in [5.41, 5.74) is -0.175. The molecule has 78 valence electrons. The Morgan fingerprint density at radius 3 is 2.50 bits per heavy atom. The van der Waals surface area contributed by atoms with Gasteiger partial charge in [-0.05, 0) is 11.8 Å². The van der Waals surface area contributed by atoms with E-state index in [4.69, 9.17) is 0 Å². The van der Waals surface area contributed by atoms with E-state index in [1.54, 1.807) is 0 Å². The molecule has 0 aromatic rings. The fraction of sp³-hybridized carbons (Fsp3) is 0.538. The van der Waals surface area contributed by atoms with Crippen LogP contribution in [0.15, 0.2) is 37.0 Å². The standard InChI is InChI=1S/C13H20O/c1-5-9-13(12(2,3)4)10-7-6-8-11(13)14/h5-8,10-11,14H,1,9H2,2-4H3. The average Bonchev–Trinajstić information content (AvgIpc) is 2.07. The summed E-state index contributed by atoms with van der Waals surface area (Å²) in [5, 5.41) is 10.1. The maximum Gasteiger partial charge on any atom is 0.0822 e. The highest BCUT2D eigenvalue weighted by atomic mass is 16.3. The van der Waals surface area contributed by atoms with Gasteiger partial charge in [0, 0.05) is 5.41 Å². The van der Waals surface area contributed by atoms with Crippen molar-refractivity contribution in [1.82, 2.24) is 0 Å². The normalized spacial score (nSPS) is 31.9. The van der Waals surface area contributed by atoms with Crippen molar-refractivity contribution >= 4 is 0 Å². The minimum absolute atomic E-state index is 0.0296. The lowest BCUT2D eigenvalue weighted by molar-refractivity contribution is 0.0124. The van der Waals surface area contributed by atoms with Gasteiger partial charge in [0.05, 0.1) is 6.10 Å². The number of allylic oxidation sites excluding steroid dienone is 3. The van der Waals surface area contributed by atoms with Crippen molar-refractivity contribution in [3.63, 3.8) is 0 Å². The molecule has 0 aromatic heterocycles. The Bertz CT molecular complexity index is 267. The molecule has 2 atom stereocenters. The molecule has 0 heterocycles. The molecule has 0 saturated carbocycles. The van der Waals surface area contributed by atoms with Crippen LogP contribution in [-0.2, 0) is 0 Å². The van der Waals surface area contributed by atoms with E-state index in [9.17, 15) is 5.11 Å². The third-order valence-electron chi connectivity index (χ3n) is 3.20. The van der Waals surface area contributed by atoms with Crippen LogP contribution in [0.3, 0.4) is 0 Å². The minimum Gasteiger partial charge on any atom is -0.388 e. The second-order valence-electron chi connectivity index (χ2n) is 4.97. The maximum absolute atomic E-state index is 10.1. The fourth-order valence-electron chi connectivity index (χ4n) is 2.09. The second-order valence-corrected chi connectivity index (χ2v) is 4.97. The van der Waals surface area contributed by atoms with Gasteiger partial charge in [0.2, 0.25) is 0 Å². The first-order valence-electron chi connectivity index (χ1n) is 5.09. The lowest BCUT2D eigenvalue weighted by Gasteiger charge is -2.46. The van der Waals surface area contributed by atoms with Gasteiger partial charge < -0.3 is 5.11 Å². The largest absolute Gasteiger partial charge is 0.388 e. The molecule has 0 amide bonds. The van der Waals surface area contributed by atoms with E-state index in [2.05, 4.69) is 33.4 Å². The first kappa shape index (κ1) is 11.3. The molecule has 1 nitrogen and oxygen atoms in total. The topological polar surface area (TPSA) is 20.2 Å². The smallest absolute Gasteiger partial charge is 0.0822 e. The lowest BCUT2D eigenvalue weighted by Crippen LogP contribution is -2.44. The Morgan fingerprint density at radius 2 is 2.07 bits per heavy atom. The molecular weight excluding hydrogens is 172 g/mol. The Kier molecular flexibility index (Phi) is 3.01. The zero-order valence-electron chi connectivity index (χ0n) is 9.33. The molecule has 1 N–H and O–H groups in total. The Morgan fingerprint density at radius 1 is 1.43 bits per heavy atom. The molecular formula is C13H20O. The molecule has 14 heavy (non-hydrogen) atoms. The van der Waals surface area contributed by atoms with E-state index < -0.39 is 6.10 Å². The Balaban J connectivity index is 3.10. The maximum atomic E-state index is 10.1. The van der Waals surface area contributed by atoms with Crippen molar-refractivity contribution in [2.24, 2.45) is 10.8 Å². The predicted molar refractivity (Wildman–Crippen MR) is 61.0 cm³/mol. The van der Waals surface area contributed by atoms with E-state index in [-0.39, 0.29) is 10.8 Å². The van der Waals surface area contributed by atoms with Crippen molar-refractivity contribution < 1.29 is 5.11 Å². The molecule has 0 spiro atoms. The number of aliphatic hydroxyl groups excluding tert-OH is 1. The van der Waals surface area contributed by atoms with Crippen LogP contribution in [0, 0.1) is 10.8 Å². The zero-order chi connectivity index (χ0) is 10.8. The van der Waals surface area contributed by atoms with E-state index in [0.717, 1.165) is 6.42 Å². The van der Waals surface area contributed by atoms with Gasteiger partial charge in [0.15, 0.2) is 0 Å². The van der Waals surface area contributed by atoms with E-state index in [1.165, 1.54) is 0 Å². The average molecular weight is 192 g/mol. The van der Waals surface area contributed by atoms with Crippen LogP contribution in [0.1, 0.15) is 27.2 Å². The van der Waals surface area contributed by atoms with E-state index in [0.29, 0.717) is 0 Å². The van der Waals surface area contributed by atoms with Gasteiger partial charge in [-0.15, -0.1) is 6.58 Å². The highest BCUT2D eigenvalue weighted by Gasteiger charge is 2.44. The summed E-state index contributed by atoms with van der Waals surface area (Å²) < 4.78 is 0. The molecule has 0 aliphatic heterocycles. The molecule has 0 saturated heterocycles. The number of hydrogen-bond donors (Lipinski definition) is 1. The van der Waals surface area contributed by atoms with Gasteiger partial charge in [-0.2, -0.15) is 0 Å². The molecule has 1 aliphatic rings. The number of hydrogen-bond acceptors (Lipinski definition) is 1. The summed E-state index contributed by atoms with van der Waals surface area (Å²) in [4.78, 5) is 0. The molecule has 0 radical (unpaired) electrons. The summed E-state index contributed by atoms with van der Waals surface area (Å²) >= 11 is 0. The Hall–Kier alpha value is -0.820. The van der Waals surface area contributed by atoms with Crippen LogP contribution >= 0.6 is 0 Å². The molecule has 0 fully saturated rings. The summed E-state index contributed by atoms with van der Waals surface area (Å²) in [5.74, 6) is 0. The van der Waals surface area contributed by atoms with Crippen LogP contribution in [0.25, 0.3) is 0 Å². The number of rotatable bonds is 2. The van der Waals surface area contributed by atoms with E-state index in [1.807, 2.05) is 24.3 Å². The minimum atomic E-state index is -0.412. The van der Waals surface area contributed by atoms with Gasteiger partial charge >= 0.3 is 0 Å². The number of aliphatic hydroxyl groups is 1. The molecule has 0 bridgehead atoms. The highest BCUT2D eigenvalue weighted by molar-refractivity contribution is 5.24. The molecule has 0 aromatic carbocycles. The van der Waals surface area contributed by atoms with Crippen molar-refractivity contribution in [3.05, 3.63) is 37.0 Å². The highest BCUT2D eigenvalue weighted by Crippen LogP contribution is 2.47. The third-order valence-corrected chi connectivity index (χ3v) is 3.20. The van der Waals surface area contributed by atoms with Gasteiger partial charge in [-0.3, -0.25) is 0 Å². The van der Waals surface area contributed by atoms with Crippen molar-refractivity contribution in [1.29, 1.82) is 0 Å². The molecule has 1 rings (SSSR count). The Labute approximate surface area is 86.8 Å². The van der Waals surface area contributed by atoms with Crippen LogP contribution in [0.2, 0.25) is 0 Å². The predicted octanol–water partition coefficient (Wildman–Crippen LogP) is 3.08. The molecule has 1 heteroatoms. The van der Waals surface area contributed by atoms with Gasteiger partial charge in [0.25, 0.3) is 0 Å². The van der Waals surface area contributed by atoms with Crippen LogP contribution < -0.4 is 0 Å². The van der Waals surface area contributed by atoms with Crippen LogP contribution in [0.5, 0.6) is 0 Å². The SMILES string of the molecule is C=CCC1(C(C)(C)C)C=CC=CC1O. The molecule has 2 unspecified atom stereocenters. The lowest BCUT2D eigenvalue weighted by atomic mass is 9.60.